The number of hydrogen-bond acceptors (Lipinski definition) is 2. The van der Waals surface area contributed by atoms with Gasteiger partial charge < -0.3 is 5.32 Å². The molecule has 1 aromatic heterocycles. The number of carbonyl (C=O) groups is 1. The lowest BCUT2D eigenvalue weighted by Gasteiger charge is -2.38. The van der Waals surface area contributed by atoms with Crippen molar-refractivity contribution in [3.63, 3.8) is 0 Å². The Morgan fingerprint density at radius 3 is 2.67 bits per heavy atom. The number of benzene rings is 2. The molecule has 1 N–H and O–H groups in total. The fourth-order valence-electron chi connectivity index (χ4n) is 4.12. The maximum absolute atomic E-state index is 13.6. The van der Waals surface area contributed by atoms with Crippen molar-refractivity contribution >= 4 is 16.8 Å². The van der Waals surface area contributed by atoms with Gasteiger partial charge in [0, 0.05) is 17.1 Å². The monoisotopic (exact) mass is 362 g/mol. The summed E-state index contributed by atoms with van der Waals surface area (Å²) in [5.41, 5.74) is 2.04. The van der Waals surface area contributed by atoms with Crippen LogP contribution in [0.5, 0.6) is 0 Å². The zero-order valence-electron chi connectivity index (χ0n) is 15.2. The van der Waals surface area contributed by atoms with Crippen molar-refractivity contribution in [3.8, 4) is 0 Å². The molecule has 0 radical (unpaired) electrons. The molecule has 1 fully saturated rings. The van der Waals surface area contributed by atoms with Crippen LogP contribution in [0.3, 0.4) is 0 Å². The first kappa shape index (κ1) is 17.7. The van der Waals surface area contributed by atoms with Crippen LogP contribution < -0.4 is 5.32 Å². The van der Waals surface area contributed by atoms with E-state index in [9.17, 15) is 9.18 Å². The van der Waals surface area contributed by atoms with Gasteiger partial charge in [-0.1, -0.05) is 49.6 Å². The van der Waals surface area contributed by atoms with Crippen molar-refractivity contribution in [2.75, 3.05) is 0 Å². The summed E-state index contributed by atoms with van der Waals surface area (Å²) in [5.74, 6) is -0.338. The molecule has 27 heavy (non-hydrogen) atoms. The molecular weight excluding hydrogens is 339 g/mol. The van der Waals surface area contributed by atoms with E-state index in [2.05, 4.69) is 10.3 Å². The van der Waals surface area contributed by atoms with Crippen LogP contribution in [0.2, 0.25) is 0 Å². The molecule has 1 heterocycles. The van der Waals surface area contributed by atoms with Gasteiger partial charge in [-0.05, 0) is 49.1 Å². The lowest BCUT2D eigenvalue weighted by Crippen LogP contribution is -2.51. The van der Waals surface area contributed by atoms with Gasteiger partial charge in [0.1, 0.15) is 5.82 Å². The molecule has 0 spiro atoms. The molecule has 4 rings (SSSR count). The van der Waals surface area contributed by atoms with E-state index in [0.717, 1.165) is 42.1 Å². The van der Waals surface area contributed by atoms with Crippen LogP contribution in [0.4, 0.5) is 4.39 Å². The smallest absolute Gasteiger partial charge is 0.253 e. The molecule has 2 aromatic carbocycles. The van der Waals surface area contributed by atoms with Crippen molar-refractivity contribution in [2.45, 2.75) is 44.1 Å². The zero-order valence-corrected chi connectivity index (χ0v) is 15.2. The summed E-state index contributed by atoms with van der Waals surface area (Å²) in [6.45, 7) is 0. The largest absolute Gasteiger partial charge is 0.346 e. The van der Waals surface area contributed by atoms with Crippen molar-refractivity contribution in [2.24, 2.45) is 0 Å². The van der Waals surface area contributed by atoms with Crippen LogP contribution >= 0.6 is 0 Å². The molecule has 0 atom stereocenters. The number of nitrogens with zero attached hydrogens (tertiary/aromatic N) is 1. The highest BCUT2D eigenvalue weighted by Crippen LogP contribution is 2.32. The third-order valence-corrected chi connectivity index (χ3v) is 5.47. The van der Waals surface area contributed by atoms with Crippen LogP contribution in [0.25, 0.3) is 10.9 Å². The Morgan fingerprint density at radius 2 is 1.85 bits per heavy atom. The molecule has 4 heteroatoms. The van der Waals surface area contributed by atoms with Gasteiger partial charge in [0.25, 0.3) is 5.91 Å². The standard InChI is InChI=1S/C23H23FN2O/c24-20-9-6-7-17(13-20)15-23(11-4-1-5-12-23)26-22(27)19-14-18-8-2-3-10-21(18)25-16-19/h2-3,6-10,13-14,16H,1,4-5,11-12,15H2,(H,26,27). The Kier molecular flexibility index (Phi) is 4.88. The molecule has 138 valence electrons. The number of amides is 1. The summed E-state index contributed by atoms with van der Waals surface area (Å²) in [6, 6.07) is 16.3. The predicted octanol–water partition coefficient (Wildman–Crippen LogP) is 5.05. The van der Waals surface area contributed by atoms with Gasteiger partial charge in [-0.15, -0.1) is 0 Å². The first-order valence-electron chi connectivity index (χ1n) is 9.55. The molecule has 0 unspecified atom stereocenters. The topological polar surface area (TPSA) is 42.0 Å². The number of fused-ring (bicyclic) bond motifs is 1. The Balaban J connectivity index is 1.59. The van der Waals surface area contributed by atoms with Crippen LogP contribution in [0.1, 0.15) is 48.0 Å². The minimum atomic E-state index is -0.325. The van der Waals surface area contributed by atoms with Gasteiger partial charge in [0.2, 0.25) is 0 Å². The van der Waals surface area contributed by atoms with E-state index in [0.29, 0.717) is 12.0 Å². The SMILES string of the molecule is O=C(NC1(Cc2cccc(F)c2)CCCCC1)c1cnc2ccccc2c1. The summed E-state index contributed by atoms with van der Waals surface area (Å²) >= 11 is 0. The number of rotatable bonds is 4. The summed E-state index contributed by atoms with van der Waals surface area (Å²) in [6.07, 6.45) is 7.44. The van der Waals surface area contributed by atoms with Crippen LogP contribution in [-0.2, 0) is 6.42 Å². The fourth-order valence-corrected chi connectivity index (χ4v) is 4.12. The highest BCUT2D eigenvalue weighted by molar-refractivity contribution is 5.97. The van der Waals surface area contributed by atoms with E-state index in [4.69, 9.17) is 0 Å². The third kappa shape index (κ3) is 4.00. The summed E-state index contributed by atoms with van der Waals surface area (Å²) in [5, 5.41) is 4.23. The van der Waals surface area contributed by atoms with E-state index in [1.807, 2.05) is 36.4 Å². The fraction of sp³-hybridized carbons (Fsp3) is 0.304. The Hall–Kier alpha value is -2.75. The number of nitrogens with one attached hydrogen (secondary N) is 1. The molecule has 1 aliphatic rings. The minimum absolute atomic E-state index is 0.105. The van der Waals surface area contributed by atoms with Crippen molar-refractivity contribution < 1.29 is 9.18 Å². The Labute approximate surface area is 158 Å². The van der Waals surface area contributed by atoms with Crippen LogP contribution in [0, 0.1) is 5.82 Å². The van der Waals surface area contributed by atoms with Crippen LogP contribution in [0.15, 0.2) is 60.8 Å². The quantitative estimate of drug-likeness (QED) is 0.706. The number of pyridine rings is 1. The average molecular weight is 362 g/mol. The molecule has 0 saturated heterocycles. The lowest BCUT2D eigenvalue weighted by molar-refractivity contribution is 0.0868. The van der Waals surface area contributed by atoms with Crippen molar-refractivity contribution in [1.29, 1.82) is 0 Å². The Morgan fingerprint density at radius 1 is 1.04 bits per heavy atom. The van der Waals surface area contributed by atoms with E-state index < -0.39 is 0 Å². The van der Waals surface area contributed by atoms with Crippen LogP contribution in [-0.4, -0.2) is 16.4 Å². The van der Waals surface area contributed by atoms with Gasteiger partial charge in [-0.2, -0.15) is 0 Å². The van der Waals surface area contributed by atoms with Gasteiger partial charge >= 0.3 is 0 Å². The average Bonchev–Trinajstić information content (AvgIpc) is 2.68. The molecule has 0 aliphatic heterocycles. The van der Waals surface area contributed by atoms with E-state index in [-0.39, 0.29) is 17.3 Å². The van der Waals surface area contributed by atoms with E-state index in [1.165, 1.54) is 12.5 Å². The first-order chi connectivity index (χ1) is 13.1. The second-order valence-electron chi connectivity index (χ2n) is 7.52. The molecular formula is C23H23FN2O. The maximum atomic E-state index is 13.6. The number of halogens is 1. The zero-order chi connectivity index (χ0) is 18.7. The minimum Gasteiger partial charge on any atom is -0.346 e. The first-order valence-corrected chi connectivity index (χ1v) is 9.55. The molecule has 1 amide bonds. The Bertz CT molecular complexity index is 963. The van der Waals surface area contributed by atoms with E-state index >= 15 is 0 Å². The van der Waals surface area contributed by atoms with Crippen molar-refractivity contribution in [1.82, 2.24) is 10.3 Å². The van der Waals surface area contributed by atoms with Gasteiger partial charge in [-0.3, -0.25) is 9.78 Å². The highest BCUT2D eigenvalue weighted by Gasteiger charge is 2.34. The number of carbonyl (C=O) groups excluding carboxylic acids is 1. The van der Waals surface area contributed by atoms with Gasteiger partial charge in [0.05, 0.1) is 11.1 Å². The second kappa shape index (κ2) is 7.47. The highest BCUT2D eigenvalue weighted by atomic mass is 19.1. The van der Waals surface area contributed by atoms with Crippen molar-refractivity contribution in [3.05, 3.63) is 77.7 Å². The predicted molar refractivity (Wildman–Crippen MR) is 105 cm³/mol. The van der Waals surface area contributed by atoms with Gasteiger partial charge in [0.15, 0.2) is 0 Å². The summed E-state index contributed by atoms with van der Waals surface area (Å²) < 4.78 is 13.6. The van der Waals surface area contributed by atoms with E-state index in [1.54, 1.807) is 18.3 Å². The molecule has 0 bridgehead atoms. The second-order valence-corrected chi connectivity index (χ2v) is 7.52. The normalized spacial score (nSPS) is 16.2. The molecule has 3 aromatic rings. The number of para-hydroxylation sites is 1. The summed E-state index contributed by atoms with van der Waals surface area (Å²) in [7, 11) is 0. The maximum Gasteiger partial charge on any atom is 0.253 e. The molecule has 1 aliphatic carbocycles. The lowest BCUT2D eigenvalue weighted by atomic mass is 9.77. The molecule has 1 saturated carbocycles. The number of aromatic nitrogens is 1. The third-order valence-electron chi connectivity index (χ3n) is 5.47. The number of hydrogen-bond donors (Lipinski definition) is 1. The summed E-state index contributed by atoms with van der Waals surface area (Å²) in [4.78, 5) is 17.4. The molecule has 3 nitrogen and oxygen atoms in total. The van der Waals surface area contributed by atoms with Gasteiger partial charge in [-0.25, -0.2) is 4.39 Å².